The Morgan fingerprint density at radius 3 is 2.63 bits per heavy atom. The molecule has 0 radical (unpaired) electrons. The fraction of sp³-hybridized carbons (Fsp3) is 0.286. The van der Waals surface area contributed by atoms with E-state index in [-0.39, 0.29) is 5.91 Å². The molecule has 1 amide bonds. The molecule has 1 aliphatic heterocycles. The highest BCUT2D eigenvalue weighted by Crippen LogP contribution is 2.17. The van der Waals surface area contributed by atoms with E-state index in [2.05, 4.69) is 38.1 Å². The third-order valence-corrected chi connectivity index (χ3v) is 5.61. The number of benzene rings is 2. The molecule has 5 rings (SSSR count). The molecule has 152 valence electrons. The Kier molecular flexibility index (Phi) is 4.72. The van der Waals surface area contributed by atoms with E-state index >= 15 is 0 Å². The lowest BCUT2D eigenvalue weighted by atomic mass is 10.1. The maximum absolute atomic E-state index is 13.0. The van der Waals surface area contributed by atoms with Gasteiger partial charge in [-0.1, -0.05) is 18.2 Å². The second kappa shape index (κ2) is 7.68. The number of aromatic nitrogens is 6. The molecule has 0 N–H and O–H groups in total. The van der Waals surface area contributed by atoms with Crippen LogP contribution in [0.15, 0.2) is 54.9 Å². The zero-order chi connectivity index (χ0) is 20.5. The number of carbonyl (C=O) groups is 1. The number of aryl methyl sites for hydroxylation is 1. The Labute approximate surface area is 173 Å². The van der Waals surface area contributed by atoms with E-state index in [1.54, 1.807) is 4.68 Å². The first-order valence-electron chi connectivity index (χ1n) is 9.94. The highest BCUT2D eigenvalue weighted by molar-refractivity contribution is 5.94. The number of piperazine rings is 1. The quantitative estimate of drug-likeness (QED) is 0.514. The van der Waals surface area contributed by atoms with Gasteiger partial charge in [0.05, 0.1) is 23.3 Å². The molecule has 3 heterocycles. The molecule has 1 aliphatic rings. The Morgan fingerprint density at radius 1 is 1.03 bits per heavy atom. The minimum Gasteiger partial charge on any atom is -0.336 e. The van der Waals surface area contributed by atoms with Crippen molar-refractivity contribution in [2.24, 2.45) is 7.05 Å². The molecule has 0 spiro atoms. The summed E-state index contributed by atoms with van der Waals surface area (Å²) in [5, 5.41) is 11.2. The molecule has 1 fully saturated rings. The van der Waals surface area contributed by atoms with E-state index < -0.39 is 0 Å². The van der Waals surface area contributed by atoms with E-state index in [1.807, 2.05) is 47.4 Å². The van der Waals surface area contributed by atoms with E-state index in [0.717, 1.165) is 42.2 Å². The minimum absolute atomic E-state index is 0.0345. The molecule has 2 aromatic carbocycles. The van der Waals surface area contributed by atoms with Gasteiger partial charge in [0, 0.05) is 38.8 Å². The van der Waals surface area contributed by atoms with Gasteiger partial charge in [-0.2, -0.15) is 0 Å². The normalized spacial score (nSPS) is 15.0. The minimum atomic E-state index is 0.0345. The van der Waals surface area contributed by atoms with Crippen LogP contribution in [0, 0.1) is 0 Å². The van der Waals surface area contributed by atoms with E-state index in [4.69, 9.17) is 4.98 Å². The molecule has 4 aromatic rings. The summed E-state index contributed by atoms with van der Waals surface area (Å²) in [6.07, 6.45) is 1.52. The van der Waals surface area contributed by atoms with Gasteiger partial charge in [0.1, 0.15) is 12.2 Å². The maximum Gasteiger partial charge on any atom is 0.254 e. The summed E-state index contributed by atoms with van der Waals surface area (Å²) in [6, 6.07) is 15.6. The van der Waals surface area contributed by atoms with Crippen molar-refractivity contribution in [3.63, 3.8) is 0 Å². The first-order valence-corrected chi connectivity index (χ1v) is 9.94. The van der Waals surface area contributed by atoms with Crippen LogP contribution >= 0.6 is 0 Å². The molecule has 9 nitrogen and oxygen atoms in total. The second-order valence-corrected chi connectivity index (χ2v) is 7.45. The molecule has 0 unspecified atom stereocenters. The van der Waals surface area contributed by atoms with Gasteiger partial charge in [0.25, 0.3) is 5.91 Å². The third kappa shape index (κ3) is 3.43. The van der Waals surface area contributed by atoms with E-state index in [9.17, 15) is 4.79 Å². The van der Waals surface area contributed by atoms with Gasteiger partial charge in [0.2, 0.25) is 0 Å². The van der Waals surface area contributed by atoms with E-state index in [0.29, 0.717) is 18.7 Å². The molecule has 2 aromatic heterocycles. The number of amides is 1. The number of para-hydroxylation sites is 2. The van der Waals surface area contributed by atoms with Crippen LogP contribution in [0.4, 0.5) is 0 Å². The summed E-state index contributed by atoms with van der Waals surface area (Å²) in [6.45, 7) is 3.81. The van der Waals surface area contributed by atoms with Crippen LogP contribution in [0.1, 0.15) is 16.2 Å². The fourth-order valence-electron chi connectivity index (χ4n) is 3.89. The van der Waals surface area contributed by atoms with Crippen molar-refractivity contribution < 1.29 is 4.79 Å². The van der Waals surface area contributed by atoms with Crippen LogP contribution in [0.25, 0.3) is 16.7 Å². The van der Waals surface area contributed by atoms with Crippen LogP contribution in [0.3, 0.4) is 0 Å². The third-order valence-electron chi connectivity index (χ3n) is 5.61. The monoisotopic (exact) mass is 402 g/mol. The summed E-state index contributed by atoms with van der Waals surface area (Å²) >= 11 is 0. The molecule has 30 heavy (non-hydrogen) atoms. The number of tetrazole rings is 1. The number of fused-ring (bicyclic) bond motifs is 1. The van der Waals surface area contributed by atoms with Crippen LogP contribution < -0.4 is 0 Å². The number of hydrogen-bond acceptors (Lipinski definition) is 6. The van der Waals surface area contributed by atoms with Gasteiger partial charge in [-0.15, -0.1) is 5.10 Å². The van der Waals surface area contributed by atoms with Crippen LogP contribution in [-0.4, -0.2) is 71.6 Å². The molecule has 0 bridgehead atoms. The molecule has 9 heteroatoms. The van der Waals surface area contributed by atoms with Gasteiger partial charge in [-0.05, 0) is 40.8 Å². The number of carbonyl (C=O) groups excluding carboxylic acids is 1. The summed E-state index contributed by atoms with van der Waals surface area (Å²) < 4.78 is 3.70. The predicted octanol–water partition coefficient (Wildman–Crippen LogP) is 1.51. The number of nitrogens with zero attached hydrogens (tertiary/aromatic N) is 8. The van der Waals surface area contributed by atoms with Crippen LogP contribution in [0.5, 0.6) is 0 Å². The van der Waals surface area contributed by atoms with Gasteiger partial charge in [-0.3, -0.25) is 9.69 Å². The lowest BCUT2D eigenvalue weighted by molar-refractivity contribution is 0.0624. The van der Waals surface area contributed by atoms with Gasteiger partial charge in [0.15, 0.2) is 0 Å². The topological polar surface area (TPSA) is 85.0 Å². The predicted molar refractivity (Wildman–Crippen MR) is 111 cm³/mol. The Hall–Kier alpha value is -3.59. The zero-order valence-corrected chi connectivity index (χ0v) is 16.7. The lowest BCUT2D eigenvalue weighted by Crippen LogP contribution is -2.48. The van der Waals surface area contributed by atoms with Gasteiger partial charge < -0.3 is 9.47 Å². The van der Waals surface area contributed by atoms with E-state index in [1.165, 1.54) is 6.33 Å². The van der Waals surface area contributed by atoms with Crippen molar-refractivity contribution in [2.45, 2.75) is 6.54 Å². The van der Waals surface area contributed by atoms with Gasteiger partial charge >= 0.3 is 0 Å². The lowest BCUT2D eigenvalue weighted by Gasteiger charge is -2.34. The maximum atomic E-state index is 13.0. The summed E-state index contributed by atoms with van der Waals surface area (Å²) in [5.74, 6) is 1.08. The molecule has 1 saturated heterocycles. The van der Waals surface area contributed by atoms with Crippen molar-refractivity contribution in [3.05, 3.63) is 66.2 Å². The average Bonchev–Trinajstić information content (AvgIpc) is 3.43. The molecular formula is C21H22N8O. The number of hydrogen-bond donors (Lipinski definition) is 0. The highest BCUT2D eigenvalue weighted by atomic mass is 16.2. The van der Waals surface area contributed by atoms with Gasteiger partial charge in [-0.25, -0.2) is 9.67 Å². The SMILES string of the molecule is Cn1c(CN2CCN(C(=O)c3cccc(-n4cnnn4)c3)CC2)nc2ccccc21. The fourth-order valence-corrected chi connectivity index (χ4v) is 3.89. The molecule has 0 atom stereocenters. The van der Waals surface area contributed by atoms with Crippen LogP contribution in [0.2, 0.25) is 0 Å². The van der Waals surface area contributed by atoms with Crippen LogP contribution in [-0.2, 0) is 13.6 Å². The Bertz CT molecular complexity index is 1170. The highest BCUT2D eigenvalue weighted by Gasteiger charge is 2.23. The molecular weight excluding hydrogens is 380 g/mol. The largest absolute Gasteiger partial charge is 0.336 e. The molecule has 0 aliphatic carbocycles. The zero-order valence-electron chi connectivity index (χ0n) is 16.7. The number of rotatable bonds is 4. The van der Waals surface area contributed by atoms with Crippen molar-refractivity contribution in [2.75, 3.05) is 26.2 Å². The Morgan fingerprint density at radius 2 is 1.87 bits per heavy atom. The second-order valence-electron chi connectivity index (χ2n) is 7.45. The van der Waals surface area contributed by atoms with Crippen molar-refractivity contribution in [1.82, 2.24) is 39.6 Å². The standard InChI is InChI=1S/C21H22N8O/c1-26-19-8-3-2-7-18(19)23-20(26)14-27-9-11-28(12-10-27)21(30)16-5-4-6-17(13-16)29-15-22-24-25-29/h2-8,13,15H,9-12,14H2,1H3. The van der Waals surface area contributed by atoms with Crippen molar-refractivity contribution >= 4 is 16.9 Å². The first-order chi connectivity index (χ1) is 14.7. The first kappa shape index (κ1) is 18.4. The van der Waals surface area contributed by atoms with Crippen molar-refractivity contribution in [3.8, 4) is 5.69 Å². The Balaban J connectivity index is 1.24. The van der Waals surface area contributed by atoms with Crippen molar-refractivity contribution in [1.29, 1.82) is 0 Å². The number of imidazole rings is 1. The molecule has 0 saturated carbocycles. The smallest absolute Gasteiger partial charge is 0.254 e. The average molecular weight is 402 g/mol. The summed E-state index contributed by atoms with van der Waals surface area (Å²) in [4.78, 5) is 22.0. The summed E-state index contributed by atoms with van der Waals surface area (Å²) in [7, 11) is 2.06. The summed E-state index contributed by atoms with van der Waals surface area (Å²) in [5.41, 5.74) is 3.58.